The second-order valence-corrected chi connectivity index (χ2v) is 10.4. The molecule has 3 rings (SSSR count). The molecule has 0 unspecified atom stereocenters. The number of sulfone groups is 1. The Labute approximate surface area is 177 Å². The Morgan fingerprint density at radius 2 is 1.79 bits per heavy atom. The van der Waals surface area contributed by atoms with Gasteiger partial charge in [0, 0.05) is 17.6 Å². The number of nitrogens with zero attached hydrogens (tertiary/aromatic N) is 1. The molecular formula is C22H26ClNO4S. The molecule has 1 fully saturated rings. The molecule has 0 N–H and O–H groups in total. The van der Waals surface area contributed by atoms with Crippen LogP contribution in [0.5, 0.6) is 5.75 Å². The molecule has 0 aliphatic carbocycles. The lowest BCUT2D eigenvalue weighted by Crippen LogP contribution is -2.46. The molecule has 1 heterocycles. The number of carbonyl (C=O) groups is 1. The van der Waals surface area contributed by atoms with Gasteiger partial charge in [-0.25, -0.2) is 8.42 Å². The molecule has 0 radical (unpaired) electrons. The summed E-state index contributed by atoms with van der Waals surface area (Å²) in [7, 11) is -3.12. The molecule has 156 valence electrons. The third-order valence-corrected chi connectivity index (χ3v) is 7.06. The maximum atomic E-state index is 13.3. The van der Waals surface area contributed by atoms with Gasteiger partial charge in [0.05, 0.1) is 11.5 Å². The molecule has 1 saturated heterocycles. The molecule has 5 nitrogen and oxygen atoms in total. The van der Waals surface area contributed by atoms with Gasteiger partial charge < -0.3 is 9.64 Å². The van der Waals surface area contributed by atoms with E-state index in [0.29, 0.717) is 23.7 Å². The summed E-state index contributed by atoms with van der Waals surface area (Å²) in [5, 5.41) is 0.613. The van der Waals surface area contributed by atoms with E-state index in [1.165, 1.54) is 0 Å². The first kappa shape index (κ1) is 21.7. The summed E-state index contributed by atoms with van der Waals surface area (Å²) >= 11 is 5.96. The molecule has 1 aliphatic heterocycles. The van der Waals surface area contributed by atoms with Gasteiger partial charge in [-0.05, 0) is 68.1 Å². The van der Waals surface area contributed by atoms with Crippen LogP contribution in [0.25, 0.3) is 0 Å². The summed E-state index contributed by atoms with van der Waals surface area (Å²) in [6, 6.07) is 12.7. The van der Waals surface area contributed by atoms with Gasteiger partial charge in [-0.1, -0.05) is 29.8 Å². The number of aryl methyl sites for hydroxylation is 2. The summed E-state index contributed by atoms with van der Waals surface area (Å²) in [6.07, 6.45) is -0.287. The van der Waals surface area contributed by atoms with Crippen molar-refractivity contribution in [3.05, 3.63) is 64.2 Å². The lowest BCUT2D eigenvalue weighted by molar-refractivity contribution is -0.140. The molecule has 7 heteroatoms. The highest BCUT2D eigenvalue weighted by atomic mass is 35.5. The number of benzene rings is 2. The largest absolute Gasteiger partial charge is 0.481 e. The molecule has 0 spiro atoms. The number of ether oxygens (including phenoxy) is 1. The minimum atomic E-state index is -3.12. The second kappa shape index (κ2) is 8.76. The fourth-order valence-electron chi connectivity index (χ4n) is 3.68. The number of carbonyl (C=O) groups excluding carboxylic acids is 1. The third kappa shape index (κ3) is 5.73. The normalized spacial score (nSPS) is 19.0. The quantitative estimate of drug-likeness (QED) is 0.689. The van der Waals surface area contributed by atoms with Gasteiger partial charge in [0.15, 0.2) is 15.9 Å². The molecule has 2 aromatic carbocycles. The maximum absolute atomic E-state index is 13.3. The highest BCUT2D eigenvalue weighted by Gasteiger charge is 2.36. The van der Waals surface area contributed by atoms with Crippen LogP contribution >= 0.6 is 11.6 Å². The first-order chi connectivity index (χ1) is 13.6. The summed E-state index contributed by atoms with van der Waals surface area (Å²) < 4.78 is 30.0. The van der Waals surface area contributed by atoms with Crippen LogP contribution in [0.3, 0.4) is 0 Å². The molecule has 2 aromatic rings. The van der Waals surface area contributed by atoms with Gasteiger partial charge in [-0.15, -0.1) is 0 Å². The van der Waals surface area contributed by atoms with Crippen molar-refractivity contribution in [2.24, 2.45) is 0 Å². The van der Waals surface area contributed by atoms with Gasteiger partial charge in [0.1, 0.15) is 5.75 Å². The Morgan fingerprint density at radius 3 is 2.34 bits per heavy atom. The van der Waals surface area contributed by atoms with E-state index in [9.17, 15) is 13.2 Å². The van der Waals surface area contributed by atoms with Crippen LogP contribution in [-0.2, 0) is 21.2 Å². The van der Waals surface area contributed by atoms with Crippen molar-refractivity contribution in [3.8, 4) is 5.75 Å². The summed E-state index contributed by atoms with van der Waals surface area (Å²) in [4.78, 5) is 14.9. The Hall–Kier alpha value is -2.05. The number of rotatable bonds is 6. The monoisotopic (exact) mass is 435 g/mol. The average molecular weight is 436 g/mol. The number of amides is 1. The van der Waals surface area contributed by atoms with Crippen molar-refractivity contribution < 1.29 is 17.9 Å². The summed E-state index contributed by atoms with van der Waals surface area (Å²) in [5.74, 6) is 0.506. The van der Waals surface area contributed by atoms with E-state index in [1.54, 1.807) is 24.0 Å². The van der Waals surface area contributed by atoms with E-state index in [4.69, 9.17) is 16.3 Å². The fraction of sp³-hybridized carbons (Fsp3) is 0.409. The van der Waals surface area contributed by atoms with Crippen LogP contribution in [0.2, 0.25) is 5.02 Å². The van der Waals surface area contributed by atoms with E-state index in [0.717, 1.165) is 16.7 Å². The zero-order chi connectivity index (χ0) is 21.2. The molecule has 0 saturated carbocycles. The molecule has 0 aromatic heterocycles. The average Bonchev–Trinajstić information content (AvgIpc) is 2.99. The Kier molecular flexibility index (Phi) is 6.54. The number of hydrogen-bond acceptors (Lipinski definition) is 4. The van der Waals surface area contributed by atoms with E-state index in [-0.39, 0.29) is 23.5 Å². The van der Waals surface area contributed by atoms with Crippen LogP contribution in [0.1, 0.15) is 30.0 Å². The lowest BCUT2D eigenvalue weighted by atomic mass is 10.1. The Bertz CT molecular complexity index is 968. The zero-order valence-corrected chi connectivity index (χ0v) is 18.5. The van der Waals surface area contributed by atoms with E-state index >= 15 is 0 Å². The summed E-state index contributed by atoms with van der Waals surface area (Å²) in [6.45, 7) is 5.97. The number of hydrogen-bond donors (Lipinski definition) is 0. The first-order valence-corrected chi connectivity index (χ1v) is 11.8. The summed E-state index contributed by atoms with van der Waals surface area (Å²) in [5.41, 5.74) is 3.00. The van der Waals surface area contributed by atoms with Gasteiger partial charge in [-0.3, -0.25) is 4.79 Å². The predicted octanol–water partition coefficient (Wildman–Crippen LogP) is 3.94. The zero-order valence-electron chi connectivity index (χ0n) is 16.9. The highest BCUT2D eigenvalue weighted by molar-refractivity contribution is 7.91. The van der Waals surface area contributed by atoms with Gasteiger partial charge >= 0.3 is 0 Å². The minimum absolute atomic E-state index is 0.0113. The van der Waals surface area contributed by atoms with Crippen molar-refractivity contribution in [2.75, 3.05) is 11.5 Å². The Balaban J connectivity index is 1.81. The van der Waals surface area contributed by atoms with Gasteiger partial charge in [0.25, 0.3) is 5.91 Å². The Morgan fingerprint density at radius 1 is 1.17 bits per heavy atom. The van der Waals surface area contributed by atoms with E-state index < -0.39 is 15.9 Å². The standard InChI is InChI=1S/C22H26ClNO4S/c1-15-10-16(2)12-21(11-15)28-17(3)22(25)24(20-8-9-29(26,27)14-20)13-18-4-6-19(23)7-5-18/h4-7,10-12,17,20H,8-9,13-14H2,1-3H3/t17-,20-/m0/s1. The maximum Gasteiger partial charge on any atom is 0.263 e. The number of halogens is 1. The van der Waals surface area contributed by atoms with Crippen molar-refractivity contribution in [2.45, 2.75) is 45.9 Å². The molecule has 1 amide bonds. The predicted molar refractivity (Wildman–Crippen MR) is 115 cm³/mol. The molecule has 2 atom stereocenters. The lowest BCUT2D eigenvalue weighted by Gasteiger charge is -2.31. The van der Waals surface area contributed by atoms with Crippen molar-refractivity contribution >= 4 is 27.3 Å². The van der Waals surface area contributed by atoms with Crippen LogP contribution < -0.4 is 4.74 Å². The van der Waals surface area contributed by atoms with Crippen molar-refractivity contribution in [1.82, 2.24) is 4.90 Å². The van der Waals surface area contributed by atoms with Crippen molar-refractivity contribution in [1.29, 1.82) is 0 Å². The second-order valence-electron chi connectivity index (χ2n) is 7.73. The topological polar surface area (TPSA) is 63.7 Å². The third-order valence-electron chi connectivity index (χ3n) is 5.05. The van der Waals surface area contributed by atoms with Crippen LogP contribution in [0, 0.1) is 13.8 Å². The molecule has 1 aliphatic rings. The van der Waals surface area contributed by atoms with Gasteiger partial charge in [-0.2, -0.15) is 0 Å². The highest BCUT2D eigenvalue weighted by Crippen LogP contribution is 2.24. The van der Waals surface area contributed by atoms with Crippen LogP contribution in [0.4, 0.5) is 0 Å². The van der Waals surface area contributed by atoms with Gasteiger partial charge in [0.2, 0.25) is 0 Å². The molecule has 0 bridgehead atoms. The van der Waals surface area contributed by atoms with Crippen molar-refractivity contribution in [3.63, 3.8) is 0 Å². The van der Waals surface area contributed by atoms with Crippen LogP contribution in [-0.4, -0.2) is 42.9 Å². The molecule has 29 heavy (non-hydrogen) atoms. The SMILES string of the molecule is Cc1cc(C)cc(O[C@@H](C)C(=O)N(Cc2ccc(Cl)cc2)[C@H]2CCS(=O)(=O)C2)c1. The van der Waals surface area contributed by atoms with E-state index in [2.05, 4.69) is 0 Å². The first-order valence-electron chi connectivity index (χ1n) is 9.63. The minimum Gasteiger partial charge on any atom is -0.481 e. The molecular weight excluding hydrogens is 410 g/mol. The smallest absolute Gasteiger partial charge is 0.263 e. The van der Waals surface area contributed by atoms with E-state index in [1.807, 2.05) is 44.2 Å². The fourth-order valence-corrected chi connectivity index (χ4v) is 5.54. The van der Waals surface area contributed by atoms with Crippen LogP contribution in [0.15, 0.2) is 42.5 Å².